The van der Waals surface area contributed by atoms with E-state index < -0.39 is 0 Å². The number of aromatic nitrogens is 1. The van der Waals surface area contributed by atoms with Gasteiger partial charge >= 0.3 is 0 Å². The Kier molecular flexibility index (Phi) is 4.89. The number of anilines is 1. The minimum Gasteiger partial charge on any atom is -0.397 e. The molecule has 0 saturated carbocycles. The summed E-state index contributed by atoms with van der Waals surface area (Å²) >= 11 is 0. The molecule has 1 aromatic rings. The van der Waals surface area contributed by atoms with Gasteiger partial charge in [0.1, 0.15) is 17.5 Å². The number of nitrogens with zero attached hydrogens (tertiary/aromatic N) is 2. The van der Waals surface area contributed by atoms with E-state index in [0.29, 0.717) is 11.4 Å². The summed E-state index contributed by atoms with van der Waals surface area (Å²) < 4.78 is 0. The fraction of sp³-hybridized carbons (Fsp3) is 0.222. The van der Waals surface area contributed by atoms with Gasteiger partial charge in [-0.25, -0.2) is 4.98 Å². The lowest BCUT2D eigenvalue weighted by Crippen LogP contribution is -1.97. The molecule has 0 aliphatic rings. The first-order valence-electron chi connectivity index (χ1n) is 3.95. The highest BCUT2D eigenvalue weighted by molar-refractivity contribution is 5.82. The third-order valence-electron chi connectivity index (χ3n) is 1.21. The maximum Gasteiger partial charge on any atom is 0.141 e. The van der Waals surface area contributed by atoms with Crippen molar-refractivity contribution in [1.82, 2.24) is 4.98 Å². The maximum atomic E-state index is 8.42. The van der Waals surface area contributed by atoms with Crippen LogP contribution in [0.3, 0.4) is 0 Å². The molecule has 0 aliphatic carbocycles. The molecule has 0 aliphatic heterocycles. The highest BCUT2D eigenvalue weighted by atomic mass is 14.8. The number of nitriles is 1. The molecule has 4 heteroatoms. The van der Waals surface area contributed by atoms with Gasteiger partial charge in [0, 0.05) is 6.21 Å². The SMILES string of the molecule is CC.N#Cc1ccc(N)c(C=N)n1. The summed E-state index contributed by atoms with van der Waals surface area (Å²) in [6, 6.07) is 4.94. The van der Waals surface area contributed by atoms with E-state index >= 15 is 0 Å². The van der Waals surface area contributed by atoms with Gasteiger partial charge in [-0.2, -0.15) is 5.26 Å². The molecule has 3 N–H and O–H groups in total. The molecule has 0 fully saturated rings. The van der Waals surface area contributed by atoms with Gasteiger partial charge in [0.05, 0.1) is 5.69 Å². The fourth-order valence-corrected chi connectivity index (χ4v) is 0.664. The van der Waals surface area contributed by atoms with Crippen molar-refractivity contribution in [1.29, 1.82) is 10.7 Å². The number of hydrogen-bond donors (Lipinski definition) is 2. The highest BCUT2D eigenvalue weighted by Gasteiger charge is 1.97. The zero-order valence-corrected chi connectivity index (χ0v) is 7.70. The molecule has 0 atom stereocenters. The van der Waals surface area contributed by atoms with Crippen LogP contribution in [0.2, 0.25) is 0 Å². The minimum atomic E-state index is 0.276. The van der Waals surface area contributed by atoms with Gasteiger partial charge in [0.25, 0.3) is 0 Å². The molecule has 0 radical (unpaired) electrons. The van der Waals surface area contributed by atoms with E-state index in [2.05, 4.69) is 4.98 Å². The molecule has 0 aromatic carbocycles. The van der Waals surface area contributed by atoms with Crippen molar-refractivity contribution in [3.63, 3.8) is 0 Å². The van der Waals surface area contributed by atoms with E-state index in [1.54, 1.807) is 6.07 Å². The van der Waals surface area contributed by atoms with Crippen molar-refractivity contribution in [3.8, 4) is 6.07 Å². The number of hydrogen-bond acceptors (Lipinski definition) is 4. The Morgan fingerprint density at radius 2 is 2.15 bits per heavy atom. The highest BCUT2D eigenvalue weighted by Crippen LogP contribution is 2.05. The van der Waals surface area contributed by atoms with Crippen molar-refractivity contribution in [3.05, 3.63) is 23.5 Å². The minimum absolute atomic E-state index is 0.276. The molecule has 0 unspecified atom stereocenters. The van der Waals surface area contributed by atoms with Gasteiger partial charge in [-0.05, 0) is 12.1 Å². The zero-order valence-electron chi connectivity index (χ0n) is 7.70. The first-order chi connectivity index (χ1) is 6.27. The van der Waals surface area contributed by atoms with Gasteiger partial charge in [-0.15, -0.1) is 0 Å². The number of nitrogens with one attached hydrogen (secondary N) is 1. The van der Waals surface area contributed by atoms with Crippen molar-refractivity contribution in [2.24, 2.45) is 0 Å². The normalized spacial score (nSPS) is 7.77. The molecule has 13 heavy (non-hydrogen) atoms. The maximum absolute atomic E-state index is 8.42. The summed E-state index contributed by atoms with van der Waals surface area (Å²) in [6.45, 7) is 4.00. The van der Waals surface area contributed by atoms with Crippen LogP contribution in [0.25, 0.3) is 0 Å². The molecular formula is C9H12N4. The molecule has 4 nitrogen and oxygen atoms in total. The third-order valence-corrected chi connectivity index (χ3v) is 1.21. The average Bonchev–Trinajstić information content (AvgIpc) is 2.22. The van der Waals surface area contributed by atoms with E-state index in [1.165, 1.54) is 6.07 Å². The van der Waals surface area contributed by atoms with Crippen LogP contribution in [0.5, 0.6) is 0 Å². The van der Waals surface area contributed by atoms with Crippen LogP contribution in [0, 0.1) is 16.7 Å². The van der Waals surface area contributed by atoms with Gasteiger partial charge in [-0.3, -0.25) is 0 Å². The zero-order chi connectivity index (χ0) is 10.3. The molecule has 0 bridgehead atoms. The largest absolute Gasteiger partial charge is 0.397 e. The van der Waals surface area contributed by atoms with Crippen LogP contribution < -0.4 is 5.73 Å². The van der Waals surface area contributed by atoms with Gasteiger partial charge in [0.2, 0.25) is 0 Å². The Balaban J connectivity index is 0.000000671. The summed E-state index contributed by atoms with van der Waals surface area (Å²) in [6.07, 6.45) is 1.02. The van der Waals surface area contributed by atoms with Gasteiger partial charge < -0.3 is 11.1 Å². The van der Waals surface area contributed by atoms with E-state index in [9.17, 15) is 0 Å². The first-order valence-corrected chi connectivity index (χ1v) is 3.95. The fourth-order valence-electron chi connectivity index (χ4n) is 0.664. The molecule has 0 amide bonds. The Hall–Kier alpha value is -1.89. The van der Waals surface area contributed by atoms with Crippen LogP contribution in [-0.4, -0.2) is 11.2 Å². The number of pyridine rings is 1. The third kappa shape index (κ3) is 2.91. The van der Waals surface area contributed by atoms with E-state index in [0.717, 1.165) is 6.21 Å². The molecule has 0 saturated heterocycles. The lowest BCUT2D eigenvalue weighted by Gasteiger charge is -1.96. The van der Waals surface area contributed by atoms with Gasteiger partial charge in [0.15, 0.2) is 0 Å². The predicted octanol–water partition coefficient (Wildman–Crippen LogP) is 1.56. The number of nitrogens with two attached hydrogens (primary N) is 1. The lowest BCUT2D eigenvalue weighted by atomic mass is 10.3. The summed E-state index contributed by atoms with van der Waals surface area (Å²) in [5.74, 6) is 0. The molecule has 68 valence electrons. The smallest absolute Gasteiger partial charge is 0.141 e. The van der Waals surface area contributed by atoms with Crippen molar-refractivity contribution in [2.75, 3.05) is 5.73 Å². The van der Waals surface area contributed by atoms with E-state index in [4.69, 9.17) is 16.4 Å². The first kappa shape index (κ1) is 11.1. The Morgan fingerprint density at radius 1 is 1.54 bits per heavy atom. The Bertz CT molecular complexity index is 325. The molecular weight excluding hydrogens is 164 g/mol. The second-order valence-electron chi connectivity index (χ2n) is 1.93. The van der Waals surface area contributed by atoms with Crippen molar-refractivity contribution >= 4 is 11.9 Å². The number of nitrogen functional groups attached to an aromatic ring is 1. The summed E-state index contributed by atoms with van der Waals surface area (Å²) in [4.78, 5) is 3.78. The predicted molar refractivity (Wildman–Crippen MR) is 52.6 cm³/mol. The van der Waals surface area contributed by atoms with Crippen LogP contribution in [0.1, 0.15) is 25.2 Å². The quantitative estimate of drug-likeness (QED) is 0.636. The second-order valence-corrected chi connectivity index (χ2v) is 1.93. The average molecular weight is 176 g/mol. The molecule has 1 heterocycles. The monoisotopic (exact) mass is 176 g/mol. The van der Waals surface area contributed by atoms with Crippen LogP contribution in [0.4, 0.5) is 5.69 Å². The molecule has 0 spiro atoms. The van der Waals surface area contributed by atoms with Crippen molar-refractivity contribution < 1.29 is 0 Å². The van der Waals surface area contributed by atoms with Gasteiger partial charge in [-0.1, -0.05) is 13.8 Å². The standard InChI is InChI=1S/C7H6N4.C2H6/c8-3-5-1-2-6(10)7(4-9)11-5;1-2/h1-2,4,9H,10H2;1-2H3. The topological polar surface area (TPSA) is 86.5 Å². The lowest BCUT2D eigenvalue weighted by molar-refractivity contribution is 1.24. The van der Waals surface area contributed by atoms with E-state index in [-0.39, 0.29) is 5.69 Å². The Labute approximate surface area is 77.5 Å². The summed E-state index contributed by atoms with van der Waals surface area (Å²) in [5.41, 5.74) is 6.46. The Morgan fingerprint density at radius 3 is 2.62 bits per heavy atom. The van der Waals surface area contributed by atoms with E-state index in [1.807, 2.05) is 19.9 Å². The second kappa shape index (κ2) is 5.72. The molecule has 1 rings (SSSR count). The summed E-state index contributed by atoms with van der Waals surface area (Å²) in [7, 11) is 0. The van der Waals surface area contributed by atoms with Crippen molar-refractivity contribution in [2.45, 2.75) is 13.8 Å². The van der Waals surface area contributed by atoms with Crippen LogP contribution in [0.15, 0.2) is 12.1 Å². The summed E-state index contributed by atoms with van der Waals surface area (Å²) in [5, 5.41) is 15.3. The van der Waals surface area contributed by atoms with Crippen LogP contribution in [-0.2, 0) is 0 Å². The number of rotatable bonds is 1. The molecule has 1 aromatic heterocycles. The van der Waals surface area contributed by atoms with Crippen LogP contribution >= 0.6 is 0 Å².